The summed E-state index contributed by atoms with van der Waals surface area (Å²) in [6.45, 7) is 6.86. The first-order valence-corrected chi connectivity index (χ1v) is 11.2. The predicted molar refractivity (Wildman–Crippen MR) is 124 cm³/mol. The first-order chi connectivity index (χ1) is 16.4. The number of nitrogens with zero attached hydrogens (tertiary/aromatic N) is 2. The summed E-state index contributed by atoms with van der Waals surface area (Å²) in [5.74, 6) is -0.872. The molecule has 0 spiro atoms. The minimum Gasteiger partial charge on any atom is -0.872 e. The Morgan fingerprint density at radius 1 is 1.03 bits per heavy atom. The number of pyridine rings is 1. The number of aromatic nitrogens is 1. The van der Waals surface area contributed by atoms with Crippen LogP contribution in [0.4, 0.5) is 0 Å². The Kier molecular flexibility index (Phi) is 8.12. The van der Waals surface area contributed by atoms with E-state index in [0.29, 0.717) is 41.5 Å². The van der Waals surface area contributed by atoms with Gasteiger partial charge in [0.05, 0.1) is 53.6 Å². The summed E-state index contributed by atoms with van der Waals surface area (Å²) in [6.07, 6.45) is 2.95. The molecule has 1 saturated heterocycles. The second-order valence-electron chi connectivity index (χ2n) is 7.87. The molecule has 1 aliphatic heterocycles. The number of likely N-dealkylation sites (tertiary alicyclic amines) is 1. The molecule has 3 rings (SSSR count). The topological polar surface area (TPSA) is 105 Å². The van der Waals surface area contributed by atoms with Gasteiger partial charge in [-0.25, -0.2) is 0 Å². The molecule has 9 nitrogen and oxygen atoms in total. The highest BCUT2D eigenvalue weighted by molar-refractivity contribution is 6.46. The Balaban J connectivity index is 2.21. The van der Waals surface area contributed by atoms with Crippen LogP contribution in [0.2, 0.25) is 0 Å². The fraction of sp³-hybridized carbons (Fsp3) is 0.400. The summed E-state index contributed by atoms with van der Waals surface area (Å²) >= 11 is 0. The van der Waals surface area contributed by atoms with Crippen LogP contribution >= 0.6 is 0 Å². The Bertz CT molecular complexity index is 1040. The van der Waals surface area contributed by atoms with Gasteiger partial charge in [0, 0.05) is 18.0 Å². The lowest BCUT2D eigenvalue weighted by Gasteiger charge is -2.29. The zero-order valence-electron chi connectivity index (χ0n) is 20.2. The Morgan fingerprint density at radius 2 is 1.62 bits per heavy atom. The van der Waals surface area contributed by atoms with Gasteiger partial charge in [-0.3, -0.25) is 14.6 Å². The first-order valence-electron chi connectivity index (χ1n) is 11.2. The second-order valence-corrected chi connectivity index (χ2v) is 7.87. The molecule has 9 heteroatoms. The fourth-order valence-corrected chi connectivity index (χ4v) is 4.25. The van der Waals surface area contributed by atoms with E-state index in [4.69, 9.17) is 14.2 Å². The van der Waals surface area contributed by atoms with Crippen molar-refractivity contribution in [3.05, 3.63) is 53.4 Å². The molecule has 0 radical (unpaired) electrons. The number of benzene rings is 1. The highest BCUT2D eigenvalue weighted by atomic mass is 16.5. The van der Waals surface area contributed by atoms with Gasteiger partial charge in [-0.1, -0.05) is 5.76 Å². The van der Waals surface area contributed by atoms with E-state index in [0.717, 1.165) is 13.1 Å². The summed E-state index contributed by atoms with van der Waals surface area (Å²) in [4.78, 5) is 33.0. The SMILES string of the molecule is CC[NH+](CC)CCN1C(=O)C(=O)/C(=C(/[O-])c2ccncc2)C1c1cc(OC)c(OC)c(OC)c1. The largest absolute Gasteiger partial charge is 0.872 e. The summed E-state index contributed by atoms with van der Waals surface area (Å²) < 4.78 is 16.4. The highest BCUT2D eigenvalue weighted by Crippen LogP contribution is 2.45. The summed E-state index contributed by atoms with van der Waals surface area (Å²) in [6, 6.07) is 5.53. The van der Waals surface area contributed by atoms with E-state index in [1.54, 1.807) is 12.1 Å². The van der Waals surface area contributed by atoms with Crippen molar-refractivity contribution in [1.29, 1.82) is 0 Å². The van der Waals surface area contributed by atoms with Crippen LogP contribution in [0.1, 0.15) is 31.0 Å². The van der Waals surface area contributed by atoms with E-state index >= 15 is 0 Å². The predicted octanol–water partition coefficient (Wildman–Crippen LogP) is 0.256. The second kappa shape index (κ2) is 11.0. The number of ketones is 1. The van der Waals surface area contributed by atoms with Crippen molar-refractivity contribution in [2.75, 3.05) is 47.5 Å². The molecule has 0 bridgehead atoms. The molecule has 1 atom stereocenters. The third-order valence-corrected chi connectivity index (χ3v) is 6.18. The van der Waals surface area contributed by atoms with Gasteiger partial charge in [-0.05, 0) is 49.2 Å². The van der Waals surface area contributed by atoms with Crippen LogP contribution in [0.3, 0.4) is 0 Å². The van der Waals surface area contributed by atoms with Crippen molar-refractivity contribution >= 4 is 17.4 Å². The molecule has 1 N–H and O–H groups in total. The number of hydrogen-bond acceptors (Lipinski definition) is 7. The molecule has 2 heterocycles. The standard InChI is InChI=1S/C25H31N3O6/c1-6-27(7-2)12-13-28-21(17-14-18(32-3)24(34-5)19(15-17)33-4)20(23(30)25(28)31)22(29)16-8-10-26-11-9-16/h8-11,14-15,21,29H,6-7,12-13H2,1-5H3/b22-20+. The maximum absolute atomic E-state index is 13.5. The van der Waals surface area contributed by atoms with Crippen molar-refractivity contribution < 1.29 is 33.8 Å². The average Bonchev–Trinajstić information content (AvgIpc) is 3.13. The molecule has 0 aliphatic carbocycles. The first kappa shape index (κ1) is 25.0. The fourth-order valence-electron chi connectivity index (χ4n) is 4.25. The number of ether oxygens (including phenoxy) is 3. The zero-order chi connectivity index (χ0) is 24.8. The molecule has 1 amide bonds. The van der Waals surface area contributed by atoms with E-state index in [1.165, 1.54) is 55.7 Å². The number of amides is 1. The average molecular weight is 470 g/mol. The van der Waals surface area contributed by atoms with Gasteiger partial charge in [-0.15, -0.1) is 0 Å². The van der Waals surface area contributed by atoms with Gasteiger partial charge in [0.15, 0.2) is 11.5 Å². The van der Waals surface area contributed by atoms with Crippen LogP contribution in [0.15, 0.2) is 42.2 Å². The quantitative estimate of drug-likeness (QED) is 0.302. The van der Waals surface area contributed by atoms with E-state index in [2.05, 4.69) is 18.8 Å². The maximum atomic E-state index is 13.5. The molecule has 34 heavy (non-hydrogen) atoms. The molecular weight excluding hydrogens is 438 g/mol. The molecule has 1 unspecified atom stereocenters. The van der Waals surface area contributed by atoms with E-state index in [-0.39, 0.29) is 5.57 Å². The van der Waals surface area contributed by atoms with E-state index in [9.17, 15) is 14.7 Å². The van der Waals surface area contributed by atoms with Crippen LogP contribution in [0, 0.1) is 0 Å². The monoisotopic (exact) mass is 469 g/mol. The van der Waals surface area contributed by atoms with Crippen LogP contribution < -0.4 is 24.2 Å². The van der Waals surface area contributed by atoms with Crippen molar-refractivity contribution in [2.24, 2.45) is 0 Å². The molecule has 0 saturated carbocycles. The lowest BCUT2D eigenvalue weighted by Crippen LogP contribution is -3.12. The highest BCUT2D eigenvalue weighted by Gasteiger charge is 2.45. The Morgan fingerprint density at radius 3 is 2.12 bits per heavy atom. The normalized spacial score (nSPS) is 17.4. The molecule has 182 valence electrons. The van der Waals surface area contributed by atoms with Crippen molar-refractivity contribution in [3.63, 3.8) is 0 Å². The van der Waals surface area contributed by atoms with Crippen molar-refractivity contribution in [1.82, 2.24) is 9.88 Å². The molecule has 1 fully saturated rings. The minimum atomic E-state index is -0.885. The number of rotatable bonds is 10. The molecule has 1 aliphatic rings. The van der Waals surface area contributed by atoms with Crippen molar-refractivity contribution in [3.8, 4) is 17.2 Å². The van der Waals surface area contributed by atoms with Gasteiger partial charge in [0.2, 0.25) is 11.5 Å². The molecule has 2 aromatic rings. The van der Waals surface area contributed by atoms with Gasteiger partial charge >= 0.3 is 0 Å². The van der Waals surface area contributed by atoms with Gasteiger partial charge in [0.1, 0.15) is 0 Å². The van der Waals surface area contributed by atoms with Crippen LogP contribution in [-0.2, 0) is 9.59 Å². The minimum absolute atomic E-state index is 0.0972. The van der Waals surface area contributed by atoms with Crippen molar-refractivity contribution in [2.45, 2.75) is 19.9 Å². The Hall–Kier alpha value is -3.59. The summed E-state index contributed by atoms with van der Waals surface area (Å²) in [5, 5.41) is 13.5. The molecular formula is C25H31N3O6. The van der Waals surface area contributed by atoms with E-state index < -0.39 is 23.5 Å². The number of hydrogen-bond donors (Lipinski definition) is 1. The lowest BCUT2D eigenvalue weighted by molar-refractivity contribution is -0.895. The summed E-state index contributed by atoms with van der Waals surface area (Å²) in [7, 11) is 4.47. The van der Waals surface area contributed by atoms with Gasteiger partial charge in [-0.2, -0.15) is 0 Å². The number of nitrogens with one attached hydrogen (secondary N) is 1. The van der Waals surface area contributed by atoms with Crippen LogP contribution in [0.5, 0.6) is 17.2 Å². The van der Waals surface area contributed by atoms with Gasteiger partial charge < -0.3 is 29.1 Å². The van der Waals surface area contributed by atoms with Crippen LogP contribution in [-0.4, -0.2) is 69.1 Å². The summed E-state index contributed by atoms with van der Waals surface area (Å²) in [5.41, 5.74) is 0.723. The molecule has 1 aromatic heterocycles. The number of carbonyl (C=O) groups is 2. The van der Waals surface area contributed by atoms with Gasteiger partial charge in [0.25, 0.3) is 5.91 Å². The number of quaternary nitrogens is 1. The number of carbonyl (C=O) groups excluding carboxylic acids is 2. The van der Waals surface area contributed by atoms with Crippen LogP contribution in [0.25, 0.3) is 5.76 Å². The third kappa shape index (κ3) is 4.70. The molecule has 1 aromatic carbocycles. The Labute approximate surface area is 199 Å². The zero-order valence-corrected chi connectivity index (χ0v) is 20.2. The third-order valence-electron chi connectivity index (χ3n) is 6.18. The lowest BCUT2D eigenvalue weighted by atomic mass is 9.95. The maximum Gasteiger partial charge on any atom is 0.295 e. The number of likely N-dealkylation sites (N-methyl/N-ethyl adjacent to an activating group) is 1. The number of methoxy groups -OCH3 is 3. The smallest absolute Gasteiger partial charge is 0.295 e. The van der Waals surface area contributed by atoms with E-state index in [1.807, 2.05) is 0 Å². The number of Topliss-reactive ketones (excluding diaryl/α,β-unsaturated/α-hetero) is 1.